The molecule has 0 aliphatic carbocycles. The molecule has 1 amide bonds. The van der Waals surface area contributed by atoms with Gasteiger partial charge in [0.2, 0.25) is 10.0 Å². The van der Waals surface area contributed by atoms with Crippen LogP contribution in [0.25, 0.3) is 0 Å². The smallest absolute Gasteiger partial charge is 0.253 e. The predicted molar refractivity (Wildman–Crippen MR) is 113 cm³/mol. The third-order valence-corrected chi connectivity index (χ3v) is 7.78. The molecule has 8 nitrogen and oxygen atoms in total. The van der Waals surface area contributed by atoms with Crippen LogP contribution in [0.1, 0.15) is 30.1 Å². The minimum atomic E-state index is -3.89. The monoisotopic (exact) mass is 443 g/mol. The molecule has 2 aliphatic heterocycles. The summed E-state index contributed by atoms with van der Waals surface area (Å²) in [6.07, 6.45) is 4.33. The van der Waals surface area contributed by atoms with Crippen molar-refractivity contribution in [3.63, 3.8) is 0 Å². The highest BCUT2D eigenvalue weighted by Gasteiger charge is 2.43. The number of pyridine rings is 1. The van der Waals surface area contributed by atoms with Crippen LogP contribution in [0.3, 0.4) is 0 Å². The fourth-order valence-electron chi connectivity index (χ4n) is 4.21. The molecule has 0 bridgehead atoms. The molecule has 0 N–H and O–H groups in total. The summed E-state index contributed by atoms with van der Waals surface area (Å²) in [4.78, 5) is 30.5. The Balaban J connectivity index is 1.59. The van der Waals surface area contributed by atoms with Crippen molar-refractivity contribution in [2.75, 3.05) is 32.8 Å². The van der Waals surface area contributed by atoms with E-state index >= 15 is 0 Å². The molecule has 1 spiro atoms. The summed E-state index contributed by atoms with van der Waals surface area (Å²) >= 11 is 0. The van der Waals surface area contributed by atoms with Gasteiger partial charge in [-0.3, -0.25) is 14.6 Å². The third-order valence-electron chi connectivity index (χ3n) is 5.95. The van der Waals surface area contributed by atoms with Crippen molar-refractivity contribution in [1.29, 1.82) is 0 Å². The van der Waals surface area contributed by atoms with Crippen molar-refractivity contribution in [1.82, 2.24) is 14.2 Å². The van der Waals surface area contributed by atoms with E-state index in [1.54, 1.807) is 47.6 Å². The summed E-state index contributed by atoms with van der Waals surface area (Å²) in [6, 6.07) is 9.89. The number of fused-ring (bicyclic) bond motifs is 1. The van der Waals surface area contributed by atoms with E-state index < -0.39 is 15.4 Å². The second-order valence-electron chi connectivity index (χ2n) is 8.24. The average molecular weight is 444 g/mol. The Bertz CT molecular complexity index is 1080. The summed E-state index contributed by atoms with van der Waals surface area (Å²) in [5.74, 6) is 0.0102. The third kappa shape index (κ3) is 4.33. The maximum absolute atomic E-state index is 13.3. The topological polar surface area (TPSA) is 96.9 Å². The molecule has 164 valence electrons. The van der Waals surface area contributed by atoms with E-state index in [0.29, 0.717) is 43.9 Å². The fourth-order valence-corrected chi connectivity index (χ4v) is 5.92. The Morgan fingerprint density at radius 3 is 2.45 bits per heavy atom. The SMILES string of the molecule is CC(=O)CN1CC2(CCN(C(=O)c3ccncc3)CC2)COc2ccccc2S1(=O)=O. The number of piperidine rings is 1. The molecular formula is C22H25N3O5S. The zero-order valence-corrected chi connectivity index (χ0v) is 18.2. The number of amides is 1. The average Bonchev–Trinajstić information content (AvgIpc) is 2.77. The minimum Gasteiger partial charge on any atom is -0.492 e. The number of para-hydroxylation sites is 1. The predicted octanol–water partition coefficient (Wildman–Crippen LogP) is 1.98. The number of ketones is 1. The Labute approximate surface area is 181 Å². The molecule has 0 radical (unpaired) electrons. The van der Waals surface area contributed by atoms with Gasteiger partial charge in [0.05, 0.1) is 13.2 Å². The van der Waals surface area contributed by atoms with Gasteiger partial charge < -0.3 is 9.64 Å². The molecule has 2 aromatic rings. The van der Waals surface area contributed by atoms with Crippen LogP contribution < -0.4 is 4.74 Å². The van der Waals surface area contributed by atoms with Gasteiger partial charge in [-0.1, -0.05) is 12.1 Å². The van der Waals surface area contributed by atoms with E-state index in [0.717, 1.165) is 0 Å². The van der Waals surface area contributed by atoms with Gasteiger partial charge in [0.15, 0.2) is 0 Å². The van der Waals surface area contributed by atoms with Crippen molar-refractivity contribution in [2.45, 2.75) is 24.7 Å². The molecule has 0 atom stereocenters. The second-order valence-corrected chi connectivity index (χ2v) is 10.1. The molecule has 0 unspecified atom stereocenters. The number of hydrogen-bond donors (Lipinski definition) is 0. The molecule has 31 heavy (non-hydrogen) atoms. The van der Waals surface area contributed by atoms with Crippen LogP contribution in [0.4, 0.5) is 0 Å². The first kappa shape index (κ1) is 21.5. The zero-order chi connectivity index (χ0) is 22.1. The quantitative estimate of drug-likeness (QED) is 0.720. The molecule has 2 aliphatic rings. The first-order valence-electron chi connectivity index (χ1n) is 10.2. The number of aromatic nitrogens is 1. The molecular weight excluding hydrogens is 418 g/mol. The van der Waals surface area contributed by atoms with Gasteiger partial charge in [-0.05, 0) is 44.0 Å². The molecule has 3 heterocycles. The molecule has 1 saturated heterocycles. The van der Waals surface area contributed by atoms with E-state index in [2.05, 4.69) is 4.98 Å². The van der Waals surface area contributed by atoms with Crippen LogP contribution in [-0.4, -0.2) is 67.1 Å². The standard InChI is InChI=1S/C22H25N3O5S/c1-17(26)14-25-15-22(16-30-19-4-2-3-5-20(19)31(25,28)29)8-12-24(13-9-22)21(27)18-6-10-23-11-7-18/h2-7,10-11H,8-9,12-16H2,1H3. The fraction of sp³-hybridized carbons (Fsp3) is 0.409. The second kappa shape index (κ2) is 8.39. The highest BCUT2D eigenvalue weighted by Crippen LogP contribution is 2.39. The van der Waals surface area contributed by atoms with E-state index in [9.17, 15) is 18.0 Å². The Morgan fingerprint density at radius 2 is 1.77 bits per heavy atom. The number of rotatable bonds is 3. The van der Waals surface area contributed by atoms with E-state index in [1.807, 2.05) is 0 Å². The van der Waals surface area contributed by atoms with Gasteiger partial charge in [-0.15, -0.1) is 0 Å². The van der Waals surface area contributed by atoms with Gasteiger partial charge in [0.1, 0.15) is 16.4 Å². The Hall–Kier alpha value is -2.78. The van der Waals surface area contributed by atoms with Crippen LogP contribution in [0.15, 0.2) is 53.7 Å². The summed E-state index contributed by atoms with van der Waals surface area (Å²) in [6.45, 7) is 2.68. The molecule has 4 rings (SSSR count). The lowest BCUT2D eigenvalue weighted by molar-refractivity contribution is -0.117. The first-order chi connectivity index (χ1) is 14.8. The van der Waals surface area contributed by atoms with Crippen LogP contribution in [-0.2, 0) is 14.8 Å². The van der Waals surface area contributed by atoms with Crippen LogP contribution in [0.2, 0.25) is 0 Å². The summed E-state index contributed by atoms with van der Waals surface area (Å²) in [5.41, 5.74) is 0.0972. The number of nitrogens with zero attached hydrogens (tertiary/aromatic N) is 3. The number of benzene rings is 1. The number of carbonyl (C=O) groups is 2. The van der Waals surface area contributed by atoms with Crippen molar-refractivity contribution < 1.29 is 22.7 Å². The lowest BCUT2D eigenvalue weighted by atomic mass is 9.78. The van der Waals surface area contributed by atoms with E-state index in [1.165, 1.54) is 17.3 Å². The first-order valence-corrected chi connectivity index (χ1v) is 11.7. The van der Waals surface area contributed by atoms with Gasteiger partial charge in [-0.2, -0.15) is 4.31 Å². The number of likely N-dealkylation sites (tertiary alicyclic amines) is 1. The zero-order valence-electron chi connectivity index (χ0n) is 17.4. The van der Waals surface area contributed by atoms with Gasteiger partial charge in [0.25, 0.3) is 5.91 Å². The number of ether oxygens (including phenoxy) is 1. The van der Waals surface area contributed by atoms with Crippen LogP contribution >= 0.6 is 0 Å². The molecule has 9 heteroatoms. The van der Waals surface area contributed by atoms with E-state index in [4.69, 9.17) is 4.74 Å². The highest BCUT2D eigenvalue weighted by atomic mass is 32.2. The van der Waals surface area contributed by atoms with Crippen molar-refractivity contribution in [2.24, 2.45) is 5.41 Å². The summed E-state index contributed by atoms with van der Waals surface area (Å²) < 4.78 is 33.9. The summed E-state index contributed by atoms with van der Waals surface area (Å²) in [5, 5.41) is 0. The molecule has 1 fully saturated rings. The molecule has 0 saturated carbocycles. The molecule has 1 aromatic heterocycles. The minimum absolute atomic E-state index is 0.0671. The lowest BCUT2D eigenvalue weighted by Gasteiger charge is -2.44. The number of hydrogen-bond acceptors (Lipinski definition) is 6. The Kier molecular flexibility index (Phi) is 5.81. The van der Waals surface area contributed by atoms with Gasteiger partial charge >= 0.3 is 0 Å². The van der Waals surface area contributed by atoms with Crippen LogP contribution in [0.5, 0.6) is 5.75 Å². The van der Waals surface area contributed by atoms with Gasteiger partial charge in [0, 0.05) is 43.0 Å². The number of carbonyl (C=O) groups excluding carboxylic acids is 2. The van der Waals surface area contributed by atoms with E-state index in [-0.39, 0.29) is 29.7 Å². The lowest BCUT2D eigenvalue weighted by Crippen LogP contribution is -2.53. The van der Waals surface area contributed by atoms with Crippen LogP contribution in [0, 0.1) is 5.41 Å². The van der Waals surface area contributed by atoms with Crippen molar-refractivity contribution in [3.05, 3.63) is 54.4 Å². The largest absolute Gasteiger partial charge is 0.492 e. The summed E-state index contributed by atoms with van der Waals surface area (Å²) in [7, 11) is -3.89. The Morgan fingerprint density at radius 1 is 1.10 bits per heavy atom. The maximum atomic E-state index is 13.3. The van der Waals surface area contributed by atoms with Crippen molar-refractivity contribution in [3.8, 4) is 5.75 Å². The maximum Gasteiger partial charge on any atom is 0.253 e. The number of sulfonamides is 1. The number of Topliss-reactive ketones (excluding diaryl/α,β-unsaturated/α-hetero) is 1. The van der Waals surface area contributed by atoms with Gasteiger partial charge in [-0.25, -0.2) is 8.42 Å². The molecule has 1 aromatic carbocycles. The van der Waals surface area contributed by atoms with Crippen molar-refractivity contribution >= 4 is 21.7 Å². The highest BCUT2D eigenvalue weighted by molar-refractivity contribution is 7.89. The normalized spacial score (nSPS) is 20.2.